The third-order valence-corrected chi connectivity index (χ3v) is 7.14. The number of carbonyl (C=O) groups excluding carboxylic acids is 3. The fourth-order valence-corrected chi connectivity index (χ4v) is 5.16. The Hall–Kier alpha value is -4.58. The van der Waals surface area contributed by atoms with E-state index in [1.165, 1.54) is 31.4 Å². The topological polar surface area (TPSA) is 149 Å². The maximum atomic E-state index is 13.4. The Bertz CT molecular complexity index is 1490. The van der Waals surface area contributed by atoms with E-state index in [9.17, 15) is 29.6 Å². The third-order valence-electron chi connectivity index (χ3n) is 6.00. The zero-order valence-electron chi connectivity index (χ0n) is 20.9. The van der Waals surface area contributed by atoms with Gasteiger partial charge in [-0.05, 0) is 62.2 Å². The fraction of sp³-hybridized carbons (Fsp3) is 0.231. The number of carbonyl (C=O) groups is 3. The van der Waals surface area contributed by atoms with E-state index in [1.54, 1.807) is 39.0 Å². The van der Waals surface area contributed by atoms with Crippen molar-refractivity contribution in [1.29, 1.82) is 0 Å². The lowest BCUT2D eigenvalue weighted by molar-refractivity contribution is -0.384. The number of ether oxygens (including phenoxy) is 2. The highest BCUT2D eigenvalue weighted by atomic mass is 32.1. The Morgan fingerprint density at radius 3 is 2.45 bits per heavy atom. The van der Waals surface area contributed by atoms with E-state index in [1.807, 2.05) is 0 Å². The first-order chi connectivity index (χ1) is 18.1. The lowest BCUT2D eigenvalue weighted by atomic mass is 9.94. The summed E-state index contributed by atoms with van der Waals surface area (Å²) in [5, 5.41) is 22.6. The predicted octanol–water partition coefficient (Wildman–Crippen LogP) is 4.48. The number of nitrogens with zero attached hydrogens (tertiary/aromatic N) is 3. The summed E-state index contributed by atoms with van der Waals surface area (Å²) in [5.41, 5.74) is 1.12. The number of methoxy groups -OCH3 is 1. The van der Waals surface area contributed by atoms with Crippen molar-refractivity contribution in [2.24, 2.45) is 0 Å². The molecule has 196 valence electrons. The molecule has 1 amide bonds. The van der Waals surface area contributed by atoms with Gasteiger partial charge in [-0.25, -0.2) is 9.78 Å². The van der Waals surface area contributed by atoms with Crippen LogP contribution in [0.3, 0.4) is 0 Å². The molecular weight excluding hydrogens is 514 g/mol. The zero-order valence-corrected chi connectivity index (χ0v) is 21.7. The smallest absolute Gasteiger partial charge is 0.350 e. The number of anilines is 1. The van der Waals surface area contributed by atoms with Gasteiger partial charge in [-0.2, -0.15) is 0 Å². The predicted molar refractivity (Wildman–Crippen MR) is 138 cm³/mol. The van der Waals surface area contributed by atoms with Gasteiger partial charge >= 0.3 is 11.9 Å². The lowest BCUT2D eigenvalue weighted by Crippen LogP contribution is -2.29. The first-order valence-corrected chi connectivity index (χ1v) is 12.3. The van der Waals surface area contributed by atoms with Gasteiger partial charge in [0.1, 0.15) is 16.4 Å². The molecule has 0 unspecified atom stereocenters. The summed E-state index contributed by atoms with van der Waals surface area (Å²) in [6.07, 6.45) is 0. The number of esters is 1. The molecule has 1 fully saturated rings. The van der Waals surface area contributed by atoms with Crippen molar-refractivity contribution in [3.8, 4) is 5.75 Å². The van der Waals surface area contributed by atoms with Crippen LogP contribution in [0.15, 0.2) is 48.0 Å². The van der Waals surface area contributed by atoms with Gasteiger partial charge in [0.2, 0.25) is 0 Å². The molecule has 0 bridgehead atoms. The minimum Gasteiger partial charge on any atom is -0.507 e. The van der Waals surface area contributed by atoms with Gasteiger partial charge in [0, 0.05) is 17.7 Å². The normalized spacial score (nSPS) is 16.5. The molecule has 3 aromatic rings. The highest BCUT2D eigenvalue weighted by Gasteiger charge is 2.48. The molecule has 0 saturated carbocycles. The van der Waals surface area contributed by atoms with E-state index in [0.29, 0.717) is 28.1 Å². The summed E-state index contributed by atoms with van der Waals surface area (Å²) >= 11 is 0.873. The molecule has 0 radical (unpaired) electrons. The van der Waals surface area contributed by atoms with Crippen LogP contribution in [0, 0.1) is 24.0 Å². The standard InChI is InChI=1S/C26H23N3O8S/c1-5-37-25(33)23-14(3)27-26(38-23)28-20(15-6-8-16(9-7-15)29(34)35)19(22(31)24(28)32)21(30)18-11-10-17(36-4)12-13(18)2/h6-12,20,30H,5H2,1-4H3/t20-/m1/s1. The van der Waals surface area contributed by atoms with Gasteiger partial charge in [-0.1, -0.05) is 11.3 Å². The largest absolute Gasteiger partial charge is 0.507 e. The maximum absolute atomic E-state index is 13.4. The average Bonchev–Trinajstić information content (AvgIpc) is 3.40. The fourth-order valence-electron chi connectivity index (χ4n) is 4.17. The molecule has 1 aliphatic heterocycles. The molecule has 4 rings (SSSR count). The molecule has 38 heavy (non-hydrogen) atoms. The number of aromatic nitrogens is 1. The third kappa shape index (κ3) is 4.61. The second-order valence-electron chi connectivity index (χ2n) is 8.33. The van der Waals surface area contributed by atoms with Crippen molar-refractivity contribution in [3.05, 3.63) is 85.4 Å². The zero-order chi connectivity index (χ0) is 27.7. The number of aliphatic hydroxyl groups excluding tert-OH is 1. The van der Waals surface area contributed by atoms with Gasteiger partial charge < -0.3 is 14.6 Å². The Balaban J connectivity index is 1.93. The number of nitro benzene ring substituents is 1. The first kappa shape index (κ1) is 26.5. The number of Topliss-reactive ketones (excluding diaryl/α,β-unsaturated/α-hetero) is 1. The first-order valence-electron chi connectivity index (χ1n) is 11.4. The summed E-state index contributed by atoms with van der Waals surface area (Å²) in [6, 6.07) is 8.96. The number of thiazole rings is 1. The van der Waals surface area contributed by atoms with Crippen LogP contribution < -0.4 is 9.64 Å². The number of non-ortho nitro benzene ring substituents is 1. The summed E-state index contributed by atoms with van der Waals surface area (Å²) in [5.74, 6) is -2.44. The summed E-state index contributed by atoms with van der Waals surface area (Å²) in [7, 11) is 1.50. The van der Waals surface area contributed by atoms with Crippen LogP contribution in [0.1, 0.15) is 45.0 Å². The number of ketones is 1. The Labute approximate surface area is 221 Å². The van der Waals surface area contributed by atoms with E-state index in [2.05, 4.69) is 4.98 Å². The second kappa shape index (κ2) is 10.4. The SMILES string of the molecule is CCOC(=O)c1sc(N2C(=O)C(=O)C(=C(O)c3ccc(OC)cc3C)[C@H]2c2ccc([N+](=O)[O-])cc2)nc1C. The van der Waals surface area contributed by atoms with Crippen LogP contribution in [0.25, 0.3) is 5.76 Å². The molecule has 1 saturated heterocycles. The van der Waals surface area contributed by atoms with E-state index in [0.717, 1.165) is 16.2 Å². The second-order valence-corrected chi connectivity index (χ2v) is 9.31. The summed E-state index contributed by atoms with van der Waals surface area (Å²) in [4.78, 5) is 55.4. The van der Waals surface area contributed by atoms with Crippen molar-refractivity contribution < 1.29 is 33.9 Å². The number of amides is 1. The summed E-state index contributed by atoms with van der Waals surface area (Å²) in [6.45, 7) is 5.08. The number of aliphatic hydroxyl groups is 1. The van der Waals surface area contributed by atoms with Gasteiger partial charge in [-0.15, -0.1) is 0 Å². The molecular formula is C26H23N3O8S. The van der Waals surface area contributed by atoms with Gasteiger partial charge in [0.05, 0.1) is 35.9 Å². The number of nitro groups is 1. The van der Waals surface area contributed by atoms with Crippen LogP contribution in [-0.2, 0) is 14.3 Å². The van der Waals surface area contributed by atoms with Crippen LogP contribution in [0.4, 0.5) is 10.8 Å². The molecule has 2 aromatic carbocycles. The number of hydrogen-bond acceptors (Lipinski definition) is 10. The minimum atomic E-state index is -1.17. The molecule has 0 spiro atoms. The highest BCUT2D eigenvalue weighted by molar-refractivity contribution is 7.17. The lowest BCUT2D eigenvalue weighted by Gasteiger charge is -2.23. The van der Waals surface area contributed by atoms with E-state index in [-0.39, 0.29) is 27.9 Å². The van der Waals surface area contributed by atoms with Gasteiger partial charge in [-0.3, -0.25) is 24.6 Å². The van der Waals surface area contributed by atoms with Crippen molar-refractivity contribution in [3.63, 3.8) is 0 Å². The molecule has 2 heterocycles. The number of benzene rings is 2. The highest BCUT2D eigenvalue weighted by Crippen LogP contribution is 2.44. The molecule has 11 nitrogen and oxygen atoms in total. The minimum absolute atomic E-state index is 0.0431. The van der Waals surface area contributed by atoms with Crippen LogP contribution in [-0.4, -0.2) is 46.4 Å². The molecule has 0 aliphatic carbocycles. The van der Waals surface area contributed by atoms with Crippen molar-refractivity contribution >= 4 is 45.6 Å². The number of rotatable bonds is 7. The van der Waals surface area contributed by atoms with Gasteiger partial charge in [0.25, 0.3) is 11.5 Å². The van der Waals surface area contributed by atoms with E-state index in [4.69, 9.17) is 9.47 Å². The quantitative estimate of drug-likeness (QED) is 0.115. The Morgan fingerprint density at radius 2 is 1.87 bits per heavy atom. The van der Waals surface area contributed by atoms with Gasteiger partial charge in [0.15, 0.2) is 5.13 Å². The van der Waals surface area contributed by atoms with Crippen LogP contribution in [0.5, 0.6) is 5.75 Å². The Kier molecular flexibility index (Phi) is 7.26. The molecule has 1 aromatic heterocycles. The summed E-state index contributed by atoms with van der Waals surface area (Å²) < 4.78 is 10.3. The van der Waals surface area contributed by atoms with E-state index >= 15 is 0 Å². The van der Waals surface area contributed by atoms with Crippen LogP contribution >= 0.6 is 11.3 Å². The maximum Gasteiger partial charge on any atom is 0.350 e. The number of aryl methyl sites for hydroxylation is 2. The molecule has 1 aliphatic rings. The monoisotopic (exact) mass is 537 g/mol. The van der Waals surface area contributed by atoms with Crippen LogP contribution in [0.2, 0.25) is 0 Å². The Morgan fingerprint density at radius 1 is 1.18 bits per heavy atom. The molecule has 12 heteroatoms. The number of hydrogen-bond donors (Lipinski definition) is 1. The molecule has 1 N–H and O–H groups in total. The van der Waals surface area contributed by atoms with Crippen molar-refractivity contribution in [2.45, 2.75) is 26.8 Å². The van der Waals surface area contributed by atoms with E-state index < -0.39 is 34.4 Å². The molecule has 1 atom stereocenters. The average molecular weight is 538 g/mol. The van der Waals surface area contributed by atoms with Crippen molar-refractivity contribution in [2.75, 3.05) is 18.6 Å². The van der Waals surface area contributed by atoms with Crippen molar-refractivity contribution in [1.82, 2.24) is 4.98 Å².